The summed E-state index contributed by atoms with van der Waals surface area (Å²) in [5, 5.41) is 17.3. The monoisotopic (exact) mass is 508 g/mol. The average molecular weight is 509 g/mol. The Kier molecular flexibility index (Phi) is 7.49. The number of aromatic nitrogens is 6. The van der Waals surface area contributed by atoms with Gasteiger partial charge >= 0.3 is 0 Å². The Balaban J connectivity index is 1.25. The van der Waals surface area contributed by atoms with E-state index in [0.29, 0.717) is 25.0 Å². The Morgan fingerprint density at radius 1 is 0.553 bits per heavy atom. The zero-order chi connectivity index (χ0) is 26.5. The third-order valence-corrected chi connectivity index (χ3v) is 5.83. The van der Waals surface area contributed by atoms with Gasteiger partial charge < -0.3 is 9.47 Å². The van der Waals surface area contributed by atoms with Crippen molar-refractivity contribution in [3.8, 4) is 45.4 Å². The van der Waals surface area contributed by atoms with Gasteiger partial charge in [-0.25, -0.2) is 9.36 Å². The van der Waals surface area contributed by atoms with Crippen molar-refractivity contribution in [2.24, 2.45) is 11.8 Å². The summed E-state index contributed by atoms with van der Waals surface area (Å²) in [5.41, 5.74) is 5.37. The number of nitrogens with zero attached hydrogens (tertiary/aromatic N) is 6. The molecule has 0 spiro atoms. The van der Waals surface area contributed by atoms with E-state index < -0.39 is 0 Å². The van der Waals surface area contributed by atoms with Gasteiger partial charge in [0.2, 0.25) is 0 Å². The molecular formula is C30H32N6O2. The van der Waals surface area contributed by atoms with Crippen LogP contribution in [0.2, 0.25) is 0 Å². The first kappa shape index (κ1) is 25.2. The van der Waals surface area contributed by atoms with E-state index in [0.717, 1.165) is 45.4 Å². The fourth-order valence-electron chi connectivity index (χ4n) is 3.77. The van der Waals surface area contributed by atoms with E-state index in [4.69, 9.17) is 9.47 Å². The van der Waals surface area contributed by atoms with Crippen molar-refractivity contribution < 1.29 is 9.47 Å². The molecule has 0 aliphatic rings. The van der Waals surface area contributed by atoms with Crippen molar-refractivity contribution in [2.75, 3.05) is 13.2 Å². The molecule has 0 radical (unpaired) electrons. The van der Waals surface area contributed by atoms with E-state index in [2.05, 4.69) is 48.3 Å². The first-order valence-corrected chi connectivity index (χ1v) is 12.9. The third kappa shape index (κ3) is 6.08. The Labute approximate surface area is 222 Å². The zero-order valence-electron chi connectivity index (χ0n) is 22.2. The van der Waals surface area contributed by atoms with Gasteiger partial charge in [-0.3, -0.25) is 0 Å². The van der Waals surface area contributed by atoms with Crippen LogP contribution in [0.15, 0.2) is 85.2 Å². The minimum absolute atomic E-state index is 0.486. The molecule has 0 atom stereocenters. The Morgan fingerprint density at radius 2 is 0.921 bits per heavy atom. The van der Waals surface area contributed by atoms with E-state index in [9.17, 15) is 0 Å². The molecule has 0 fully saturated rings. The van der Waals surface area contributed by atoms with Crippen LogP contribution < -0.4 is 9.47 Å². The lowest BCUT2D eigenvalue weighted by Gasteiger charge is -2.08. The van der Waals surface area contributed by atoms with Crippen molar-refractivity contribution in [3.63, 3.8) is 0 Å². The topological polar surface area (TPSA) is 79.9 Å². The predicted molar refractivity (Wildman–Crippen MR) is 148 cm³/mol. The molecule has 2 heterocycles. The zero-order valence-corrected chi connectivity index (χ0v) is 22.2. The molecule has 0 saturated heterocycles. The predicted octanol–water partition coefficient (Wildman–Crippen LogP) is 6.25. The maximum absolute atomic E-state index is 5.77. The maximum Gasteiger partial charge on any atom is 0.119 e. The highest BCUT2D eigenvalue weighted by atomic mass is 16.5. The molecule has 8 heteroatoms. The smallest absolute Gasteiger partial charge is 0.119 e. The summed E-state index contributed by atoms with van der Waals surface area (Å²) in [5.74, 6) is 2.68. The molecule has 2 aromatic heterocycles. The standard InChI is InChI=1S/C30H32N6O2/c1-21(2)19-37-27-13-5-23(6-14-27)29-17-35(33-31-29)25-9-11-26(12-10-25)36-18-30(32-34-36)24-7-15-28(16-8-24)38-20-22(3)4/h5-18,21-22H,19-20H2,1-4H3. The number of hydrogen-bond donors (Lipinski definition) is 0. The molecular weight excluding hydrogens is 476 g/mol. The maximum atomic E-state index is 5.77. The van der Waals surface area contributed by atoms with Crippen LogP contribution in [0.3, 0.4) is 0 Å². The van der Waals surface area contributed by atoms with Gasteiger partial charge in [0.05, 0.1) is 37.0 Å². The van der Waals surface area contributed by atoms with Crippen molar-refractivity contribution in [1.29, 1.82) is 0 Å². The minimum atomic E-state index is 0.486. The van der Waals surface area contributed by atoms with Crippen LogP contribution in [0.4, 0.5) is 0 Å². The normalized spacial score (nSPS) is 11.3. The van der Waals surface area contributed by atoms with Crippen LogP contribution in [0, 0.1) is 11.8 Å². The minimum Gasteiger partial charge on any atom is -0.493 e. The van der Waals surface area contributed by atoms with Crippen LogP contribution in [0.25, 0.3) is 33.9 Å². The van der Waals surface area contributed by atoms with Crippen LogP contribution in [0.1, 0.15) is 27.7 Å². The fourth-order valence-corrected chi connectivity index (χ4v) is 3.77. The molecule has 0 amide bonds. The fraction of sp³-hybridized carbons (Fsp3) is 0.267. The lowest BCUT2D eigenvalue weighted by Crippen LogP contribution is -2.04. The summed E-state index contributed by atoms with van der Waals surface area (Å²) >= 11 is 0. The second-order valence-electron chi connectivity index (χ2n) is 10.1. The molecule has 38 heavy (non-hydrogen) atoms. The van der Waals surface area contributed by atoms with Gasteiger partial charge in [0.25, 0.3) is 0 Å². The molecule has 3 aromatic carbocycles. The van der Waals surface area contributed by atoms with Crippen LogP contribution in [0.5, 0.6) is 11.5 Å². The van der Waals surface area contributed by atoms with Crippen molar-refractivity contribution in [2.45, 2.75) is 27.7 Å². The Hall–Kier alpha value is -4.46. The number of ether oxygens (including phenoxy) is 2. The van der Waals surface area contributed by atoms with Gasteiger partial charge in [-0.05, 0) is 84.6 Å². The molecule has 8 nitrogen and oxygen atoms in total. The van der Waals surface area contributed by atoms with Gasteiger partial charge in [-0.2, -0.15) is 0 Å². The van der Waals surface area contributed by atoms with Crippen LogP contribution in [-0.4, -0.2) is 43.2 Å². The Morgan fingerprint density at radius 3 is 1.26 bits per heavy atom. The highest BCUT2D eigenvalue weighted by Crippen LogP contribution is 2.24. The van der Waals surface area contributed by atoms with Crippen molar-refractivity contribution >= 4 is 0 Å². The number of rotatable bonds is 10. The van der Waals surface area contributed by atoms with Crippen LogP contribution >= 0.6 is 0 Å². The quantitative estimate of drug-likeness (QED) is 0.222. The second-order valence-corrected chi connectivity index (χ2v) is 10.1. The molecule has 0 N–H and O–H groups in total. The summed E-state index contributed by atoms with van der Waals surface area (Å²) in [7, 11) is 0. The van der Waals surface area contributed by atoms with Gasteiger partial charge in [0.1, 0.15) is 22.9 Å². The van der Waals surface area contributed by atoms with E-state index in [1.54, 1.807) is 9.36 Å². The molecule has 5 aromatic rings. The summed E-state index contributed by atoms with van der Waals surface area (Å²) in [6.07, 6.45) is 3.84. The van der Waals surface area contributed by atoms with Crippen molar-refractivity contribution in [3.05, 3.63) is 85.2 Å². The summed E-state index contributed by atoms with van der Waals surface area (Å²) in [6, 6.07) is 23.8. The third-order valence-electron chi connectivity index (χ3n) is 5.83. The molecule has 5 rings (SSSR count). The molecule has 0 aliphatic carbocycles. The summed E-state index contributed by atoms with van der Waals surface area (Å²) in [6.45, 7) is 9.92. The highest BCUT2D eigenvalue weighted by molar-refractivity contribution is 5.60. The van der Waals surface area contributed by atoms with Crippen LogP contribution in [-0.2, 0) is 0 Å². The van der Waals surface area contributed by atoms with Gasteiger partial charge in [0, 0.05) is 11.1 Å². The Bertz CT molecular complexity index is 1340. The molecule has 0 aliphatic heterocycles. The van der Waals surface area contributed by atoms with E-state index in [1.807, 2.05) is 85.2 Å². The van der Waals surface area contributed by atoms with Gasteiger partial charge in [0.15, 0.2) is 0 Å². The molecule has 0 unspecified atom stereocenters. The second kappa shape index (κ2) is 11.3. The first-order valence-electron chi connectivity index (χ1n) is 12.9. The van der Waals surface area contributed by atoms with E-state index in [-0.39, 0.29) is 0 Å². The summed E-state index contributed by atoms with van der Waals surface area (Å²) < 4.78 is 15.1. The highest BCUT2D eigenvalue weighted by Gasteiger charge is 2.09. The number of benzene rings is 3. The molecule has 194 valence electrons. The van der Waals surface area contributed by atoms with Gasteiger partial charge in [-0.1, -0.05) is 38.1 Å². The van der Waals surface area contributed by atoms with E-state index >= 15 is 0 Å². The average Bonchev–Trinajstić information content (AvgIpc) is 3.62. The lowest BCUT2D eigenvalue weighted by molar-refractivity contribution is 0.271. The van der Waals surface area contributed by atoms with Crippen molar-refractivity contribution in [1.82, 2.24) is 30.0 Å². The largest absolute Gasteiger partial charge is 0.493 e. The van der Waals surface area contributed by atoms with E-state index in [1.165, 1.54) is 0 Å². The SMILES string of the molecule is CC(C)COc1ccc(-c2cn(-c3ccc(-n4cc(-c5ccc(OCC(C)C)cc5)nn4)cc3)nn2)cc1. The first-order chi connectivity index (χ1) is 18.4. The number of hydrogen-bond acceptors (Lipinski definition) is 6. The molecule has 0 saturated carbocycles. The molecule has 0 bridgehead atoms. The summed E-state index contributed by atoms with van der Waals surface area (Å²) in [4.78, 5) is 0. The van der Waals surface area contributed by atoms with Gasteiger partial charge in [-0.15, -0.1) is 10.2 Å². The lowest BCUT2D eigenvalue weighted by atomic mass is 10.1.